The zero-order valence-corrected chi connectivity index (χ0v) is 9.60. The van der Waals surface area contributed by atoms with Gasteiger partial charge in [-0.3, -0.25) is 4.90 Å². The molecule has 1 saturated heterocycles. The molecular formula is C13H20N2O. The molecule has 0 aliphatic carbocycles. The van der Waals surface area contributed by atoms with E-state index < -0.39 is 0 Å². The third-order valence-corrected chi connectivity index (χ3v) is 3.25. The number of rotatable bonds is 3. The Balaban J connectivity index is 1.91. The minimum absolute atomic E-state index is 0.318. The Bertz CT molecular complexity index is 323. The van der Waals surface area contributed by atoms with Gasteiger partial charge in [0.25, 0.3) is 0 Å². The molecule has 3 heteroatoms. The number of aliphatic hydroxyl groups excluding tert-OH is 1. The fourth-order valence-electron chi connectivity index (χ4n) is 2.33. The van der Waals surface area contributed by atoms with Gasteiger partial charge in [0.1, 0.15) is 0 Å². The second-order valence-corrected chi connectivity index (χ2v) is 4.67. The molecule has 3 N–H and O–H groups in total. The number of benzene rings is 1. The summed E-state index contributed by atoms with van der Waals surface area (Å²) in [5.74, 6) is 0.461. The lowest BCUT2D eigenvalue weighted by molar-refractivity contribution is 0.116. The highest BCUT2D eigenvalue weighted by molar-refractivity contribution is 5.39. The summed E-state index contributed by atoms with van der Waals surface area (Å²) >= 11 is 0. The molecule has 0 bridgehead atoms. The minimum atomic E-state index is 0.318. The Morgan fingerprint density at radius 2 is 2.06 bits per heavy atom. The Hall–Kier alpha value is -1.06. The number of nitrogens with zero attached hydrogens (tertiary/aromatic N) is 1. The predicted octanol–water partition coefficient (Wildman–Crippen LogP) is 1.47. The Morgan fingerprint density at radius 3 is 2.75 bits per heavy atom. The summed E-state index contributed by atoms with van der Waals surface area (Å²) in [6.07, 6.45) is 2.36. The zero-order valence-electron chi connectivity index (χ0n) is 9.60. The number of nitrogen functional groups attached to an aromatic ring is 1. The molecule has 1 unspecified atom stereocenters. The molecule has 1 fully saturated rings. The molecule has 1 heterocycles. The molecule has 1 atom stereocenters. The van der Waals surface area contributed by atoms with E-state index >= 15 is 0 Å². The van der Waals surface area contributed by atoms with Crippen molar-refractivity contribution in [3.63, 3.8) is 0 Å². The zero-order chi connectivity index (χ0) is 11.4. The van der Waals surface area contributed by atoms with Gasteiger partial charge in [0.2, 0.25) is 0 Å². The predicted molar refractivity (Wildman–Crippen MR) is 65.9 cm³/mol. The summed E-state index contributed by atoms with van der Waals surface area (Å²) in [4.78, 5) is 2.41. The van der Waals surface area contributed by atoms with Crippen LogP contribution < -0.4 is 5.73 Å². The molecule has 1 aliphatic heterocycles. The van der Waals surface area contributed by atoms with Gasteiger partial charge in [0.15, 0.2) is 0 Å². The van der Waals surface area contributed by atoms with Gasteiger partial charge in [-0.15, -0.1) is 0 Å². The van der Waals surface area contributed by atoms with Crippen LogP contribution in [0.25, 0.3) is 0 Å². The smallest absolute Gasteiger partial charge is 0.0471 e. The van der Waals surface area contributed by atoms with Crippen molar-refractivity contribution < 1.29 is 5.11 Å². The third-order valence-electron chi connectivity index (χ3n) is 3.25. The van der Waals surface area contributed by atoms with Crippen LogP contribution in [0.15, 0.2) is 24.3 Å². The van der Waals surface area contributed by atoms with Crippen LogP contribution in [0.4, 0.5) is 5.69 Å². The van der Waals surface area contributed by atoms with Gasteiger partial charge >= 0.3 is 0 Å². The highest BCUT2D eigenvalue weighted by atomic mass is 16.3. The lowest BCUT2D eigenvalue weighted by Crippen LogP contribution is -2.36. The van der Waals surface area contributed by atoms with E-state index in [9.17, 15) is 0 Å². The number of anilines is 1. The Labute approximate surface area is 96.9 Å². The third kappa shape index (κ3) is 2.97. The molecule has 0 saturated carbocycles. The first-order chi connectivity index (χ1) is 7.78. The number of likely N-dealkylation sites (tertiary alicyclic amines) is 1. The van der Waals surface area contributed by atoms with Gasteiger partial charge < -0.3 is 10.8 Å². The molecule has 1 aromatic rings. The SMILES string of the molecule is Nc1ccc(CN2CCCC(CO)C2)cc1. The highest BCUT2D eigenvalue weighted by Crippen LogP contribution is 2.18. The van der Waals surface area contributed by atoms with E-state index in [1.54, 1.807) is 0 Å². The van der Waals surface area contributed by atoms with Crippen molar-refractivity contribution in [1.82, 2.24) is 4.90 Å². The standard InChI is InChI=1S/C13H20N2O/c14-13-5-3-11(4-6-13)8-15-7-1-2-12(9-15)10-16/h3-6,12,16H,1-2,7-10,14H2. The number of hydrogen-bond donors (Lipinski definition) is 2. The van der Waals surface area contributed by atoms with E-state index in [0.717, 1.165) is 31.7 Å². The topological polar surface area (TPSA) is 49.5 Å². The molecular weight excluding hydrogens is 200 g/mol. The van der Waals surface area contributed by atoms with Crippen LogP contribution in [0.3, 0.4) is 0 Å². The van der Waals surface area contributed by atoms with Crippen LogP contribution in [-0.4, -0.2) is 29.7 Å². The van der Waals surface area contributed by atoms with E-state index in [0.29, 0.717) is 12.5 Å². The normalized spacial score (nSPS) is 22.2. The number of piperidine rings is 1. The quantitative estimate of drug-likeness (QED) is 0.758. The average Bonchev–Trinajstić information content (AvgIpc) is 2.32. The van der Waals surface area contributed by atoms with Crippen molar-refractivity contribution in [3.8, 4) is 0 Å². The molecule has 88 valence electrons. The van der Waals surface area contributed by atoms with E-state index in [4.69, 9.17) is 10.8 Å². The maximum absolute atomic E-state index is 9.17. The van der Waals surface area contributed by atoms with Gasteiger partial charge in [0.05, 0.1) is 0 Å². The second kappa shape index (κ2) is 5.32. The lowest BCUT2D eigenvalue weighted by atomic mass is 9.98. The maximum Gasteiger partial charge on any atom is 0.0471 e. The summed E-state index contributed by atoms with van der Waals surface area (Å²) in [6, 6.07) is 8.06. The molecule has 1 aliphatic rings. The van der Waals surface area contributed by atoms with Crippen LogP contribution in [0, 0.1) is 5.92 Å². The second-order valence-electron chi connectivity index (χ2n) is 4.67. The largest absolute Gasteiger partial charge is 0.399 e. The molecule has 3 nitrogen and oxygen atoms in total. The summed E-state index contributed by atoms with van der Waals surface area (Å²) in [5.41, 5.74) is 7.77. The molecule has 0 spiro atoms. The fourth-order valence-corrected chi connectivity index (χ4v) is 2.33. The van der Waals surface area contributed by atoms with Crippen LogP contribution in [-0.2, 0) is 6.54 Å². The van der Waals surface area contributed by atoms with Gasteiger partial charge in [-0.2, -0.15) is 0 Å². The summed E-state index contributed by atoms with van der Waals surface area (Å²) in [6.45, 7) is 3.44. The van der Waals surface area contributed by atoms with Crippen LogP contribution >= 0.6 is 0 Å². The van der Waals surface area contributed by atoms with Gasteiger partial charge in [-0.25, -0.2) is 0 Å². The Kier molecular flexibility index (Phi) is 3.80. The van der Waals surface area contributed by atoms with E-state index in [2.05, 4.69) is 17.0 Å². The van der Waals surface area contributed by atoms with Crippen LogP contribution in [0.1, 0.15) is 18.4 Å². The van der Waals surface area contributed by atoms with Crippen LogP contribution in [0.5, 0.6) is 0 Å². The van der Waals surface area contributed by atoms with Crippen molar-refractivity contribution in [2.24, 2.45) is 5.92 Å². The van der Waals surface area contributed by atoms with Crippen molar-refractivity contribution in [2.45, 2.75) is 19.4 Å². The molecule has 0 radical (unpaired) electrons. The van der Waals surface area contributed by atoms with E-state index in [1.165, 1.54) is 12.0 Å². The van der Waals surface area contributed by atoms with Gasteiger partial charge in [-0.05, 0) is 43.0 Å². The summed E-state index contributed by atoms with van der Waals surface area (Å²) < 4.78 is 0. The first-order valence-electron chi connectivity index (χ1n) is 5.95. The highest BCUT2D eigenvalue weighted by Gasteiger charge is 2.18. The van der Waals surface area contributed by atoms with Crippen molar-refractivity contribution >= 4 is 5.69 Å². The fraction of sp³-hybridized carbons (Fsp3) is 0.538. The number of hydrogen-bond acceptors (Lipinski definition) is 3. The van der Waals surface area contributed by atoms with E-state index in [-0.39, 0.29) is 0 Å². The van der Waals surface area contributed by atoms with Crippen molar-refractivity contribution in [2.75, 3.05) is 25.4 Å². The first kappa shape index (κ1) is 11.4. The average molecular weight is 220 g/mol. The maximum atomic E-state index is 9.17. The number of nitrogens with two attached hydrogens (primary N) is 1. The molecule has 16 heavy (non-hydrogen) atoms. The van der Waals surface area contributed by atoms with E-state index in [1.807, 2.05) is 12.1 Å². The molecule has 0 amide bonds. The van der Waals surface area contributed by atoms with Crippen molar-refractivity contribution in [3.05, 3.63) is 29.8 Å². The van der Waals surface area contributed by atoms with Crippen molar-refractivity contribution in [1.29, 1.82) is 0 Å². The van der Waals surface area contributed by atoms with Gasteiger partial charge in [0, 0.05) is 25.4 Å². The number of aliphatic hydroxyl groups is 1. The molecule has 0 aromatic heterocycles. The molecule has 2 rings (SSSR count). The summed E-state index contributed by atoms with van der Waals surface area (Å²) in [5, 5.41) is 9.17. The Morgan fingerprint density at radius 1 is 1.31 bits per heavy atom. The van der Waals surface area contributed by atoms with Crippen LogP contribution in [0.2, 0.25) is 0 Å². The minimum Gasteiger partial charge on any atom is -0.399 e. The summed E-state index contributed by atoms with van der Waals surface area (Å²) in [7, 11) is 0. The lowest BCUT2D eigenvalue weighted by Gasteiger charge is -2.31. The molecule has 1 aromatic carbocycles. The first-order valence-corrected chi connectivity index (χ1v) is 5.95. The van der Waals surface area contributed by atoms with Gasteiger partial charge in [-0.1, -0.05) is 12.1 Å². The monoisotopic (exact) mass is 220 g/mol.